The van der Waals surface area contributed by atoms with Crippen LogP contribution in [-0.2, 0) is 21.9 Å². The van der Waals surface area contributed by atoms with E-state index >= 15 is 0 Å². The molecule has 1 saturated heterocycles. The van der Waals surface area contributed by atoms with Crippen molar-refractivity contribution in [2.24, 2.45) is 0 Å². The number of aryl methyl sites for hydroxylation is 1. The molecular formula is C34H25BrClN3O4S2. The van der Waals surface area contributed by atoms with Gasteiger partial charge in [-0.15, -0.1) is 10.2 Å². The first-order valence-corrected chi connectivity index (χ1v) is 16.8. The van der Waals surface area contributed by atoms with Crippen LogP contribution in [0, 0.1) is 6.92 Å². The summed E-state index contributed by atoms with van der Waals surface area (Å²) in [4.78, 5) is 28.4. The number of benzene rings is 4. The van der Waals surface area contributed by atoms with Crippen LogP contribution in [-0.4, -0.2) is 27.0 Å². The molecule has 7 nitrogen and oxygen atoms in total. The molecule has 0 radical (unpaired) electrons. The van der Waals surface area contributed by atoms with Gasteiger partial charge in [-0.25, -0.2) is 0 Å². The fourth-order valence-electron chi connectivity index (χ4n) is 4.91. The SMILES string of the molecule is Cc1cccc(COc2ccc(C(O)=C3C(=O)C(=O)N(c4nnc(SCc5ccc(Cl)cc5)s4)C3c3ccc(Br)cc3)cc2)c1. The number of anilines is 1. The van der Waals surface area contributed by atoms with Crippen molar-refractivity contribution in [2.45, 2.75) is 29.7 Å². The smallest absolute Gasteiger partial charge is 0.301 e. The zero-order chi connectivity index (χ0) is 31.5. The van der Waals surface area contributed by atoms with Gasteiger partial charge in [0, 0.05) is 20.8 Å². The number of amides is 1. The number of halogens is 2. The molecule has 1 atom stereocenters. The van der Waals surface area contributed by atoms with Crippen molar-refractivity contribution in [1.29, 1.82) is 0 Å². The van der Waals surface area contributed by atoms with Crippen LogP contribution in [0.25, 0.3) is 5.76 Å². The van der Waals surface area contributed by atoms with E-state index in [1.54, 1.807) is 36.4 Å². The maximum Gasteiger partial charge on any atom is 0.301 e. The molecule has 4 aromatic carbocycles. The highest BCUT2D eigenvalue weighted by Crippen LogP contribution is 2.44. The summed E-state index contributed by atoms with van der Waals surface area (Å²) < 4.78 is 7.40. The molecule has 11 heteroatoms. The molecule has 2 heterocycles. The normalized spacial score (nSPS) is 15.9. The third kappa shape index (κ3) is 6.99. The highest BCUT2D eigenvalue weighted by Gasteiger charge is 2.48. The molecule has 0 aliphatic carbocycles. The van der Waals surface area contributed by atoms with Crippen LogP contribution < -0.4 is 9.64 Å². The van der Waals surface area contributed by atoms with E-state index in [-0.39, 0.29) is 16.5 Å². The van der Waals surface area contributed by atoms with E-state index in [2.05, 4.69) is 32.2 Å². The van der Waals surface area contributed by atoms with E-state index in [1.807, 2.05) is 61.5 Å². The van der Waals surface area contributed by atoms with E-state index in [4.69, 9.17) is 16.3 Å². The molecule has 1 aromatic heterocycles. The summed E-state index contributed by atoms with van der Waals surface area (Å²) in [6, 6.07) is 28.7. The van der Waals surface area contributed by atoms with Crippen LogP contribution in [0.2, 0.25) is 5.02 Å². The first-order valence-electron chi connectivity index (χ1n) is 13.8. The second-order valence-electron chi connectivity index (χ2n) is 10.3. The first-order chi connectivity index (χ1) is 21.8. The summed E-state index contributed by atoms with van der Waals surface area (Å²) in [5.41, 5.74) is 4.25. The summed E-state index contributed by atoms with van der Waals surface area (Å²) in [6.45, 7) is 2.42. The van der Waals surface area contributed by atoms with Gasteiger partial charge in [-0.05, 0) is 72.1 Å². The van der Waals surface area contributed by atoms with Crippen molar-refractivity contribution in [3.63, 3.8) is 0 Å². The Morgan fingerprint density at radius 1 is 0.978 bits per heavy atom. The number of thioether (sulfide) groups is 1. The molecule has 1 aliphatic rings. The number of nitrogens with zero attached hydrogens (tertiary/aromatic N) is 3. The van der Waals surface area contributed by atoms with E-state index in [0.29, 0.717) is 38.6 Å². The van der Waals surface area contributed by atoms with Crippen LogP contribution in [0.5, 0.6) is 5.75 Å². The quantitative estimate of drug-likeness (QED) is 0.0536. The highest BCUT2D eigenvalue weighted by atomic mass is 79.9. The Balaban J connectivity index is 1.29. The monoisotopic (exact) mass is 717 g/mol. The average Bonchev–Trinajstić information content (AvgIpc) is 3.62. The van der Waals surface area contributed by atoms with Gasteiger partial charge < -0.3 is 9.84 Å². The molecule has 45 heavy (non-hydrogen) atoms. The number of ether oxygens (including phenoxy) is 1. The van der Waals surface area contributed by atoms with Crippen molar-refractivity contribution >= 4 is 73.2 Å². The maximum atomic E-state index is 13.6. The van der Waals surface area contributed by atoms with Crippen LogP contribution >= 0.6 is 50.6 Å². The Morgan fingerprint density at radius 3 is 2.42 bits per heavy atom. The third-order valence-corrected chi connectivity index (χ3v) is 10.0. The Bertz CT molecular complexity index is 1890. The fourth-order valence-corrected chi connectivity index (χ4v) is 7.12. The number of ketones is 1. The lowest BCUT2D eigenvalue weighted by atomic mass is 9.95. The standard InChI is InChI=1S/C34H25BrClN3O4S2/c1-20-3-2-4-22(17-20)18-43-27-15-9-24(10-16-27)30(40)28-29(23-7-11-25(35)12-8-23)39(32(42)31(28)41)33-37-38-34(45-33)44-19-21-5-13-26(36)14-6-21/h2-17,29,40H,18-19H2,1H3. The molecule has 1 amide bonds. The molecule has 1 aliphatic heterocycles. The second kappa shape index (κ2) is 13.6. The zero-order valence-corrected chi connectivity index (χ0v) is 27.8. The van der Waals surface area contributed by atoms with Gasteiger partial charge >= 0.3 is 5.91 Å². The molecule has 0 saturated carbocycles. The highest BCUT2D eigenvalue weighted by molar-refractivity contribution is 9.10. The molecule has 1 N–H and O–H groups in total. The van der Waals surface area contributed by atoms with Crippen LogP contribution in [0.1, 0.15) is 33.9 Å². The van der Waals surface area contributed by atoms with Gasteiger partial charge in [0.05, 0.1) is 11.6 Å². The maximum absolute atomic E-state index is 13.6. The Kier molecular flexibility index (Phi) is 9.37. The molecular weight excluding hydrogens is 694 g/mol. The number of aliphatic hydroxyl groups is 1. The summed E-state index contributed by atoms with van der Waals surface area (Å²) in [5, 5.41) is 21.0. The summed E-state index contributed by atoms with van der Waals surface area (Å²) in [6.07, 6.45) is 0. The van der Waals surface area contributed by atoms with Gasteiger partial charge in [-0.1, -0.05) is 105 Å². The van der Waals surface area contributed by atoms with Crippen molar-refractivity contribution in [1.82, 2.24) is 10.2 Å². The Hall–Kier alpha value is -3.96. The predicted octanol–water partition coefficient (Wildman–Crippen LogP) is 8.76. The summed E-state index contributed by atoms with van der Waals surface area (Å²) >= 11 is 12.1. The number of hydrogen-bond donors (Lipinski definition) is 1. The van der Waals surface area contributed by atoms with Crippen LogP contribution in [0.3, 0.4) is 0 Å². The Morgan fingerprint density at radius 2 is 1.71 bits per heavy atom. The number of aliphatic hydroxyl groups excluding tert-OH is 1. The molecule has 226 valence electrons. The number of carbonyl (C=O) groups is 2. The molecule has 1 fully saturated rings. The van der Waals surface area contributed by atoms with Crippen LogP contribution in [0.15, 0.2) is 111 Å². The number of carbonyl (C=O) groups excluding carboxylic acids is 2. The lowest BCUT2D eigenvalue weighted by Crippen LogP contribution is -2.29. The van der Waals surface area contributed by atoms with Gasteiger partial charge in [-0.2, -0.15) is 0 Å². The van der Waals surface area contributed by atoms with Gasteiger partial charge in [0.2, 0.25) is 5.13 Å². The lowest BCUT2D eigenvalue weighted by molar-refractivity contribution is -0.132. The van der Waals surface area contributed by atoms with Gasteiger partial charge in [-0.3, -0.25) is 14.5 Å². The van der Waals surface area contributed by atoms with Crippen molar-refractivity contribution in [3.8, 4) is 5.75 Å². The minimum Gasteiger partial charge on any atom is -0.507 e. The van der Waals surface area contributed by atoms with Gasteiger partial charge in [0.25, 0.3) is 5.78 Å². The van der Waals surface area contributed by atoms with E-state index < -0.39 is 17.7 Å². The summed E-state index contributed by atoms with van der Waals surface area (Å²) in [7, 11) is 0. The Labute approximate surface area is 281 Å². The minimum atomic E-state index is -0.905. The van der Waals surface area contributed by atoms with E-state index in [9.17, 15) is 14.7 Å². The first kappa shape index (κ1) is 31.0. The number of Topliss-reactive ketones (excluding diaryl/α,β-unsaturated/α-hetero) is 1. The van der Waals surface area contributed by atoms with Crippen molar-refractivity contribution < 1.29 is 19.4 Å². The number of hydrogen-bond acceptors (Lipinski definition) is 8. The lowest BCUT2D eigenvalue weighted by Gasteiger charge is -2.22. The molecule has 5 aromatic rings. The van der Waals surface area contributed by atoms with Crippen molar-refractivity contribution in [3.05, 3.63) is 140 Å². The predicted molar refractivity (Wildman–Crippen MR) is 182 cm³/mol. The molecule has 6 rings (SSSR count). The molecule has 0 bridgehead atoms. The zero-order valence-electron chi connectivity index (χ0n) is 23.8. The number of aromatic nitrogens is 2. The minimum absolute atomic E-state index is 0.0266. The fraction of sp³-hybridized carbons (Fsp3) is 0.118. The molecule has 1 unspecified atom stereocenters. The topological polar surface area (TPSA) is 92.6 Å². The average molecular weight is 719 g/mol. The largest absolute Gasteiger partial charge is 0.507 e. The van der Waals surface area contributed by atoms with Crippen molar-refractivity contribution in [2.75, 3.05) is 4.90 Å². The van der Waals surface area contributed by atoms with Crippen LogP contribution in [0.4, 0.5) is 5.13 Å². The third-order valence-electron chi connectivity index (χ3n) is 7.12. The van der Waals surface area contributed by atoms with Gasteiger partial charge in [0.15, 0.2) is 4.34 Å². The molecule has 0 spiro atoms. The number of rotatable bonds is 9. The second-order valence-corrected chi connectivity index (χ2v) is 13.8. The summed E-state index contributed by atoms with van der Waals surface area (Å²) in [5.74, 6) is -0.629. The van der Waals surface area contributed by atoms with E-state index in [1.165, 1.54) is 28.0 Å². The van der Waals surface area contributed by atoms with E-state index in [0.717, 1.165) is 21.2 Å². The van der Waals surface area contributed by atoms with Gasteiger partial charge in [0.1, 0.15) is 18.1 Å².